The highest BCUT2D eigenvalue weighted by molar-refractivity contribution is 6.05. The Labute approximate surface area is 167 Å². The normalized spacial score (nSPS) is 11.8. The summed E-state index contributed by atoms with van der Waals surface area (Å²) in [5.74, 6) is -1.86. The van der Waals surface area contributed by atoms with Gasteiger partial charge in [-0.15, -0.1) is 0 Å². The molecule has 30 heavy (non-hydrogen) atoms. The Morgan fingerprint density at radius 2 is 1.50 bits per heavy atom. The maximum Gasteiger partial charge on any atom is 0.416 e. The number of alkyl halides is 6. The van der Waals surface area contributed by atoms with Gasteiger partial charge in [0.25, 0.3) is 5.91 Å². The van der Waals surface area contributed by atoms with Crippen molar-refractivity contribution in [1.29, 1.82) is 0 Å². The van der Waals surface area contributed by atoms with Crippen LogP contribution in [0.3, 0.4) is 0 Å². The van der Waals surface area contributed by atoms with Crippen LogP contribution in [0.15, 0.2) is 42.5 Å². The van der Waals surface area contributed by atoms with Crippen LogP contribution in [-0.2, 0) is 17.1 Å². The average molecular weight is 433 g/mol. The molecule has 0 bridgehead atoms. The molecule has 0 aliphatic carbocycles. The van der Waals surface area contributed by atoms with Gasteiger partial charge in [0, 0.05) is 11.3 Å². The molecule has 0 spiro atoms. The molecule has 0 saturated heterocycles. The lowest BCUT2D eigenvalue weighted by Crippen LogP contribution is -2.17. The molecule has 0 aliphatic heterocycles. The van der Waals surface area contributed by atoms with E-state index in [0.717, 1.165) is 6.42 Å². The van der Waals surface area contributed by atoms with Gasteiger partial charge in [-0.3, -0.25) is 4.79 Å². The standard InChI is InChI=1S/C20H17F6NO3/c1-2-3-7-30-18(29)12-5-4-6-16(10-12)27-17(28)13-8-14(19(21,22)23)11-15(9-13)20(24,25)26/h4-6,8-11H,2-3,7H2,1H3,(H,27,28). The molecule has 0 unspecified atom stereocenters. The summed E-state index contributed by atoms with van der Waals surface area (Å²) in [7, 11) is 0. The van der Waals surface area contributed by atoms with Crippen LogP contribution >= 0.6 is 0 Å². The SMILES string of the molecule is CCCCOC(=O)c1cccc(NC(=O)c2cc(C(F)(F)F)cc(C(F)(F)F)c2)c1. The Kier molecular flexibility index (Phi) is 7.12. The van der Waals surface area contributed by atoms with Crippen LogP contribution < -0.4 is 5.32 Å². The number of hydrogen-bond donors (Lipinski definition) is 1. The second-order valence-electron chi connectivity index (χ2n) is 6.32. The van der Waals surface area contributed by atoms with Crippen LogP contribution in [0.2, 0.25) is 0 Å². The molecule has 0 aromatic heterocycles. The van der Waals surface area contributed by atoms with E-state index in [4.69, 9.17) is 4.74 Å². The zero-order chi connectivity index (χ0) is 22.5. The van der Waals surface area contributed by atoms with Gasteiger partial charge >= 0.3 is 18.3 Å². The van der Waals surface area contributed by atoms with Gasteiger partial charge in [-0.05, 0) is 42.8 Å². The van der Waals surface area contributed by atoms with Gasteiger partial charge in [0.1, 0.15) is 0 Å². The zero-order valence-corrected chi connectivity index (χ0v) is 15.7. The lowest BCUT2D eigenvalue weighted by molar-refractivity contribution is -0.143. The summed E-state index contributed by atoms with van der Waals surface area (Å²) in [5.41, 5.74) is -3.95. The number of unbranched alkanes of at least 4 members (excludes halogenated alkanes) is 1. The highest BCUT2D eigenvalue weighted by Crippen LogP contribution is 2.36. The molecule has 2 rings (SSSR count). The minimum atomic E-state index is -5.07. The minimum absolute atomic E-state index is 0.0101. The fourth-order valence-corrected chi connectivity index (χ4v) is 2.41. The van der Waals surface area contributed by atoms with Crippen molar-refractivity contribution in [1.82, 2.24) is 0 Å². The lowest BCUT2D eigenvalue weighted by Gasteiger charge is -2.14. The van der Waals surface area contributed by atoms with Crippen molar-refractivity contribution >= 4 is 17.6 Å². The summed E-state index contributed by atoms with van der Waals surface area (Å²) in [6.07, 6.45) is -8.68. The van der Waals surface area contributed by atoms with Crippen molar-refractivity contribution in [2.75, 3.05) is 11.9 Å². The van der Waals surface area contributed by atoms with Gasteiger partial charge in [0.05, 0.1) is 23.3 Å². The topological polar surface area (TPSA) is 55.4 Å². The van der Waals surface area contributed by atoms with Crippen molar-refractivity contribution in [3.05, 3.63) is 64.7 Å². The molecular formula is C20H17F6NO3. The van der Waals surface area contributed by atoms with Gasteiger partial charge in [-0.2, -0.15) is 26.3 Å². The largest absolute Gasteiger partial charge is 0.462 e. The van der Waals surface area contributed by atoms with E-state index < -0.39 is 40.9 Å². The molecule has 0 aliphatic rings. The molecular weight excluding hydrogens is 416 g/mol. The maximum atomic E-state index is 12.9. The second-order valence-corrected chi connectivity index (χ2v) is 6.32. The van der Waals surface area contributed by atoms with E-state index in [-0.39, 0.29) is 23.9 Å². The number of rotatable bonds is 6. The number of amides is 1. The summed E-state index contributed by atoms with van der Waals surface area (Å²) < 4.78 is 82.7. The Hall–Kier alpha value is -3.04. The minimum Gasteiger partial charge on any atom is -0.462 e. The first kappa shape index (κ1) is 23.2. The first-order valence-corrected chi connectivity index (χ1v) is 8.80. The number of carbonyl (C=O) groups excluding carboxylic acids is 2. The van der Waals surface area contributed by atoms with Crippen LogP contribution in [0.4, 0.5) is 32.0 Å². The molecule has 0 heterocycles. The Morgan fingerprint density at radius 3 is 2.03 bits per heavy atom. The van der Waals surface area contributed by atoms with E-state index in [1.54, 1.807) is 0 Å². The van der Waals surface area contributed by atoms with Crippen molar-refractivity contribution in [2.45, 2.75) is 32.1 Å². The van der Waals surface area contributed by atoms with Gasteiger partial charge in [0.15, 0.2) is 0 Å². The zero-order valence-electron chi connectivity index (χ0n) is 15.7. The smallest absolute Gasteiger partial charge is 0.416 e. The first-order valence-electron chi connectivity index (χ1n) is 8.80. The number of anilines is 1. The van der Waals surface area contributed by atoms with Crippen LogP contribution in [0.1, 0.15) is 51.6 Å². The van der Waals surface area contributed by atoms with Gasteiger partial charge in [-0.25, -0.2) is 4.79 Å². The third-order valence-corrected chi connectivity index (χ3v) is 3.94. The fourth-order valence-electron chi connectivity index (χ4n) is 2.41. The molecule has 0 atom stereocenters. The number of nitrogens with one attached hydrogen (secondary N) is 1. The van der Waals surface area contributed by atoms with Gasteiger partial charge in [0.2, 0.25) is 0 Å². The van der Waals surface area contributed by atoms with Crippen molar-refractivity contribution < 1.29 is 40.7 Å². The number of esters is 1. The second kappa shape index (κ2) is 9.19. The highest BCUT2D eigenvalue weighted by Gasteiger charge is 2.37. The Bertz CT molecular complexity index is 889. The van der Waals surface area contributed by atoms with E-state index >= 15 is 0 Å². The van der Waals surface area contributed by atoms with Crippen LogP contribution in [0, 0.1) is 0 Å². The predicted molar refractivity (Wildman–Crippen MR) is 96.0 cm³/mol. The van der Waals surface area contributed by atoms with Crippen LogP contribution in [-0.4, -0.2) is 18.5 Å². The average Bonchev–Trinajstić information content (AvgIpc) is 2.66. The monoisotopic (exact) mass is 433 g/mol. The van der Waals surface area contributed by atoms with Crippen molar-refractivity contribution in [3.63, 3.8) is 0 Å². The molecule has 2 aromatic carbocycles. The summed E-state index contributed by atoms with van der Waals surface area (Å²) >= 11 is 0. The van der Waals surface area contributed by atoms with Gasteiger partial charge < -0.3 is 10.1 Å². The number of halogens is 6. The molecule has 1 N–H and O–H groups in total. The predicted octanol–water partition coefficient (Wildman–Crippen LogP) is 5.93. The van der Waals surface area contributed by atoms with E-state index in [0.29, 0.717) is 18.6 Å². The molecule has 0 saturated carbocycles. The molecule has 0 radical (unpaired) electrons. The summed E-state index contributed by atoms with van der Waals surface area (Å²) in [6, 6.07) is 5.92. The summed E-state index contributed by atoms with van der Waals surface area (Å²) in [5, 5.41) is 2.20. The van der Waals surface area contributed by atoms with E-state index in [2.05, 4.69) is 5.32 Å². The number of ether oxygens (including phenoxy) is 1. The van der Waals surface area contributed by atoms with Crippen molar-refractivity contribution in [2.24, 2.45) is 0 Å². The molecule has 0 fully saturated rings. The van der Waals surface area contributed by atoms with Gasteiger partial charge in [-0.1, -0.05) is 19.4 Å². The summed E-state index contributed by atoms with van der Waals surface area (Å²) in [6.45, 7) is 2.10. The maximum absolute atomic E-state index is 12.9. The number of benzene rings is 2. The van der Waals surface area contributed by atoms with E-state index in [9.17, 15) is 35.9 Å². The third-order valence-electron chi connectivity index (χ3n) is 3.94. The van der Waals surface area contributed by atoms with E-state index in [1.807, 2.05) is 6.92 Å². The molecule has 2 aromatic rings. The van der Waals surface area contributed by atoms with Crippen LogP contribution in [0.25, 0.3) is 0 Å². The lowest BCUT2D eigenvalue weighted by atomic mass is 10.0. The highest BCUT2D eigenvalue weighted by atomic mass is 19.4. The van der Waals surface area contributed by atoms with Crippen LogP contribution in [0.5, 0.6) is 0 Å². The molecule has 4 nitrogen and oxygen atoms in total. The third kappa shape index (κ3) is 6.23. The molecule has 1 amide bonds. The van der Waals surface area contributed by atoms with Crippen molar-refractivity contribution in [3.8, 4) is 0 Å². The molecule has 10 heteroatoms. The Morgan fingerprint density at radius 1 is 0.900 bits per heavy atom. The van der Waals surface area contributed by atoms with E-state index in [1.165, 1.54) is 24.3 Å². The Balaban J connectivity index is 2.27. The fraction of sp³-hybridized carbons (Fsp3) is 0.300. The molecule has 162 valence electrons. The quantitative estimate of drug-likeness (QED) is 0.349. The first-order chi connectivity index (χ1) is 13.9. The summed E-state index contributed by atoms with van der Waals surface area (Å²) in [4.78, 5) is 24.3. The number of carbonyl (C=O) groups is 2. The number of hydrogen-bond acceptors (Lipinski definition) is 3.